The van der Waals surface area contributed by atoms with Gasteiger partial charge >= 0.3 is 6.03 Å². The molecule has 1 aliphatic rings. The second-order valence-corrected chi connectivity index (χ2v) is 15.1. The van der Waals surface area contributed by atoms with Gasteiger partial charge in [0.05, 0.1) is 48.2 Å². The van der Waals surface area contributed by atoms with Crippen molar-refractivity contribution >= 4 is 28.2 Å². The number of benzene rings is 2. The first-order valence-corrected chi connectivity index (χ1v) is 18.4. The van der Waals surface area contributed by atoms with Gasteiger partial charge in [-0.1, -0.05) is 81.7 Å². The van der Waals surface area contributed by atoms with Crippen LogP contribution in [0.3, 0.4) is 0 Å². The van der Waals surface area contributed by atoms with Gasteiger partial charge in [-0.15, -0.1) is 0 Å². The summed E-state index contributed by atoms with van der Waals surface area (Å²) in [4.78, 5) is 38.5. The molecule has 272 valence electrons. The molecular formula is C35H50N8O6S. The van der Waals surface area contributed by atoms with Crippen LogP contribution in [-0.2, 0) is 34.3 Å². The lowest BCUT2D eigenvalue weighted by molar-refractivity contribution is -0.128. The molecule has 0 saturated carbocycles. The van der Waals surface area contributed by atoms with Crippen LogP contribution in [0, 0.1) is 11.8 Å². The van der Waals surface area contributed by atoms with E-state index in [0.29, 0.717) is 37.4 Å². The number of amides is 3. The molecule has 1 aliphatic heterocycles. The number of nitrogens with zero attached hydrogens (tertiary/aromatic N) is 5. The van der Waals surface area contributed by atoms with Gasteiger partial charge in [0, 0.05) is 26.2 Å². The lowest BCUT2D eigenvalue weighted by Crippen LogP contribution is -2.57. The SMILES string of the molecule is CC[C@H](C)[C@@H](C(=O)N[C@@H](Cc1ccccc1)[C@H](O)CN(CC(C)C)S(=O)(=O)c1ccc(/C=N/O)cc1)N1CCN(Cc2cnc(CN)[nH]2)C1=O. The lowest BCUT2D eigenvalue weighted by Gasteiger charge is -2.35. The molecule has 2 heterocycles. The summed E-state index contributed by atoms with van der Waals surface area (Å²) in [6, 6.07) is 13.3. The number of aliphatic hydroxyl groups is 1. The zero-order valence-electron chi connectivity index (χ0n) is 29.1. The second kappa shape index (κ2) is 17.6. The molecule has 0 radical (unpaired) electrons. The Kier molecular flexibility index (Phi) is 13.5. The molecule has 1 saturated heterocycles. The lowest BCUT2D eigenvalue weighted by atomic mass is 9.95. The highest BCUT2D eigenvalue weighted by molar-refractivity contribution is 7.89. The molecule has 1 aromatic heterocycles. The van der Waals surface area contributed by atoms with Gasteiger partial charge in [-0.2, -0.15) is 4.31 Å². The fourth-order valence-electron chi connectivity index (χ4n) is 6.11. The van der Waals surface area contributed by atoms with E-state index < -0.39 is 34.1 Å². The molecule has 3 aromatic rings. The highest BCUT2D eigenvalue weighted by Crippen LogP contribution is 2.24. The van der Waals surface area contributed by atoms with E-state index in [1.165, 1.54) is 34.8 Å². The van der Waals surface area contributed by atoms with E-state index in [1.54, 1.807) is 16.0 Å². The fraction of sp³-hybridized carbons (Fsp3) is 0.486. The van der Waals surface area contributed by atoms with Crippen molar-refractivity contribution in [2.45, 2.75) is 76.7 Å². The smallest absolute Gasteiger partial charge is 0.321 e. The Bertz CT molecular complexity index is 1680. The number of rotatable bonds is 18. The summed E-state index contributed by atoms with van der Waals surface area (Å²) in [5, 5.41) is 26.6. The van der Waals surface area contributed by atoms with Crippen molar-refractivity contribution < 1.29 is 28.3 Å². The first kappa shape index (κ1) is 38.5. The topological polar surface area (TPSA) is 198 Å². The summed E-state index contributed by atoms with van der Waals surface area (Å²) in [6.45, 7) is 8.79. The van der Waals surface area contributed by atoms with Crippen molar-refractivity contribution in [3.63, 3.8) is 0 Å². The molecule has 0 spiro atoms. The van der Waals surface area contributed by atoms with Crippen molar-refractivity contribution in [1.82, 2.24) is 29.4 Å². The Hall–Kier alpha value is -4.31. The minimum atomic E-state index is -4.06. The van der Waals surface area contributed by atoms with Crippen LogP contribution in [0.5, 0.6) is 0 Å². The van der Waals surface area contributed by atoms with Crippen LogP contribution >= 0.6 is 0 Å². The number of sulfonamides is 1. The summed E-state index contributed by atoms with van der Waals surface area (Å²) in [6.07, 6.45) is 2.40. The number of carbonyl (C=O) groups is 2. The molecule has 14 nitrogen and oxygen atoms in total. The zero-order valence-corrected chi connectivity index (χ0v) is 30.0. The van der Waals surface area contributed by atoms with E-state index in [2.05, 4.69) is 20.4 Å². The van der Waals surface area contributed by atoms with Crippen LogP contribution in [0.2, 0.25) is 0 Å². The largest absolute Gasteiger partial charge is 0.411 e. The predicted molar refractivity (Wildman–Crippen MR) is 190 cm³/mol. The van der Waals surface area contributed by atoms with Gasteiger partial charge in [0.25, 0.3) is 0 Å². The molecule has 1 fully saturated rings. The number of imidazole rings is 1. The normalized spacial score (nSPS) is 16.4. The number of urea groups is 1. The Labute approximate surface area is 294 Å². The molecule has 0 aliphatic carbocycles. The van der Waals surface area contributed by atoms with Crippen molar-refractivity contribution in [3.8, 4) is 0 Å². The molecule has 15 heteroatoms. The molecule has 4 atom stereocenters. The third-order valence-corrected chi connectivity index (χ3v) is 10.8. The molecule has 50 heavy (non-hydrogen) atoms. The van der Waals surface area contributed by atoms with Gasteiger partial charge in [-0.3, -0.25) is 4.79 Å². The first-order valence-electron chi connectivity index (χ1n) is 17.0. The molecular weight excluding hydrogens is 661 g/mol. The summed E-state index contributed by atoms with van der Waals surface area (Å²) < 4.78 is 29.0. The molecule has 3 amide bonds. The number of hydrogen-bond acceptors (Lipinski definition) is 9. The van der Waals surface area contributed by atoms with Gasteiger partial charge in [-0.05, 0) is 41.5 Å². The van der Waals surface area contributed by atoms with Crippen LogP contribution in [0.1, 0.15) is 56.8 Å². The number of nitrogens with two attached hydrogens (primary N) is 1. The van der Waals surface area contributed by atoms with Crippen LogP contribution in [-0.4, -0.2) is 105 Å². The van der Waals surface area contributed by atoms with Crippen LogP contribution < -0.4 is 11.1 Å². The van der Waals surface area contributed by atoms with Crippen LogP contribution in [0.15, 0.2) is 70.8 Å². The number of aromatic amines is 1. The second-order valence-electron chi connectivity index (χ2n) is 13.2. The van der Waals surface area contributed by atoms with Crippen molar-refractivity contribution in [2.24, 2.45) is 22.7 Å². The monoisotopic (exact) mass is 710 g/mol. The number of hydrogen-bond donors (Lipinski definition) is 5. The molecule has 6 N–H and O–H groups in total. The van der Waals surface area contributed by atoms with Crippen molar-refractivity contribution in [3.05, 3.63) is 83.4 Å². The van der Waals surface area contributed by atoms with Gasteiger partial charge in [0.2, 0.25) is 15.9 Å². The summed E-state index contributed by atoms with van der Waals surface area (Å²) in [5.41, 5.74) is 7.78. The van der Waals surface area contributed by atoms with E-state index >= 15 is 0 Å². The van der Waals surface area contributed by atoms with Crippen LogP contribution in [0.25, 0.3) is 0 Å². The van der Waals surface area contributed by atoms with Crippen molar-refractivity contribution in [1.29, 1.82) is 0 Å². The Morgan fingerprint density at radius 2 is 1.82 bits per heavy atom. The number of aromatic nitrogens is 2. The Morgan fingerprint density at radius 3 is 2.42 bits per heavy atom. The number of aliphatic hydroxyl groups excluding tert-OH is 1. The van der Waals surface area contributed by atoms with E-state index in [0.717, 1.165) is 11.3 Å². The standard InChI is InChI=1S/C35H50N8O6S/c1-5-25(4)33(43-16-15-41(35(43)46)22-28-20-37-32(18-36)39-28)34(45)40-30(17-26-9-7-6-8-10-26)31(44)23-42(21-24(2)3)50(48,49)29-13-11-27(12-14-29)19-38-47/h6-14,19-20,24-25,30-31,33,44,47H,5,15-18,21-23,36H2,1-4H3,(H,37,39)(H,40,45)/b38-19+/t25-,30-,31+,33-/m0/s1. The zero-order chi connectivity index (χ0) is 36.4. The molecule has 0 bridgehead atoms. The predicted octanol–water partition coefficient (Wildman–Crippen LogP) is 2.76. The summed E-state index contributed by atoms with van der Waals surface area (Å²) in [7, 11) is -4.06. The minimum absolute atomic E-state index is 0.0207. The van der Waals surface area contributed by atoms with Gasteiger partial charge in [0.1, 0.15) is 11.9 Å². The maximum Gasteiger partial charge on any atom is 0.321 e. The maximum absolute atomic E-state index is 14.2. The Balaban J connectivity index is 1.58. The highest BCUT2D eigenvalue weighted by Gasteiger charge is 2.41. The molecule has 2 aromatic carbocycles. The summed E-state index contributed by atoms with van der Waals surface area (Å²) >= 11 is 0. The average Bonchev–Trinajstić information content (AvgIpc) is 3.70. The van der Waals surface area contributed by atoms with E-state index in [4.69, 9.17) is 10.9 Å². The highest BCUT2D eigenvalue weighted by atomic mass is 32.2. The van der Waals surface area contributed by atoms with Crippen LogP contribution in [0.4, 0.5) is 4.79 Å². The first-order chi connectivity index (χ1) is 23.9. The fourth-order valence-corrected chi connectivity index (χ4v) is 7.73. The number of carbonyl (C=O) groups excluding carboxylic acids is 2. The third kappa shape index (κ3) is 9.68. The maximum atomic E-state index is 14.2. The third-order valence-electron chi connectivity index (χ3n) is 8.92. The minimum Gasteiger partial charge on any atom is -0.411 e. The molecule has 4 rings (SSSR count). The van der Waals surface area contributed by atoms with Gasteiger partial charge < -0.3 is 36.1 Å². The average molecular weight is 711 g/mol. The quantitative estimate of drug-likeness (QED) is 0.0755. The summed E-state index contributed by atoms with van der Waals surface area (Å²) in [5.74, 6) is -0.0708. The Morgan fingerprint density at radius 1 is 1.12 bits per heavy atom. The van der Waals surface area contributed by atoms with E-state index in [1.807, 2.05) is 58.0 Å². The number of oxime groups is 1. The number of nitrogens with one attached hydrogen (secondary N) is 2. The van der Waals surface area contributed by atoms with E-state index in [9.17, 15) is 23.1 Å². The van der Waals surface area contributed by atoms with Gasteiger partial charge in [0.15, 0.2) is 0 Å². The van der Waals surface area contributed by atoms with Crippen molar-refractivity contribution in [2.75, 3.05) is 26.2 Å². The number of H-pyrrole nitrogens is 1. The van der Waals surface area contributed by atoms with E-state index in [-0.39, 0.29) is 48.8 Å². The molecule has 0 unspecified atom stereocenters. The van der Waals surface area contributed by atoms with Gasteiger partial charge in [-0.25, -0.2) is 18.2 Å².